The lowest BCUT2D eigenvalue weighted by Gasteiger charge is -2.47. The molecular weight excluding hydrogens is 774 g/mol. The number of sulfone groups is 1. The summed E-state index contributed by atoms with van der Waals surface area (Å²) in [6.45, 7) is 7.45. The molecule has 1 aliphatic carbocycles. The van der Waals surface area contributed by atoms with Crippen LogP contribution in [-0.2, 0) is 42.1 Å². The molecule has 2 aromatic carbocycles. The zero-order valence-corrected chi connectivity index (χ0v) is 34.6. The maximum atomic E-state index is 12.2. The first-order chi connectivity index (χ1) is 27.0. The molecule has 1 aromatic heterocycles. The highest BCUT2D eigenvalue weighted by Gasteiger charge is 2.49. The standard InChI is InChI=1S/C42H52ClN3O10S/c1-40(2)34(30-11-7-6-8-12-30)13-9-15-42(40,56-18-10-16-46-17-14-31(25-46)38(48)53-4)28-55-37-21-36(54-26-29-19-33(24-44-22-29)57(5,51)52)32(20-35(37)43)23-45-41(3,27-47)39(49)50/h6-9,11-13,15,19-22,24,31,45,47H,10,14,16-18,23,25-28H2,1-5H3,(H,49,50)/t31-,41?,42?/m1/s1. The average molecular weight is 826 g/mol. The number of hydrogen-bond donors (Lipinski definition) is 3. The SMILES string of the molecule is COC(=O)[C@@H]1CCN(CCCOC2(COc3cc(OCc4cncc(S(C)(=O)=O)c4)c(CNC(C)(CO)C(=O)O)cc3Cl)C=CC=C(c3ccccc3)C2(C)C)C1. The minimum absolute atomic E-state index is 0.0361. The number of likely N-dealkylation sites (tertiary alicyclic amines) is 1. The molecule has 0 spiro atoms. The molecule has 57 heavy (non-hydrogen) atoms. The molecule has 3 atom stereocenters. The van der Waals surface area contributed by atoms with Gasteiger partial charge in [0.15, 0.2) is 9.84 Å². The van der Waals surface area contributed by atoms with Crippen molar-refractivity contribution in [2.24, 2.45) is 11.3 Å². The van der Waals surface area contributed by atoms with E-state index in [0.717, 1.165) is 36.9 Å². The van der Waals surface area contributed by atoms with E-state index in [0.29, 0.717) is 30.7 Å². The lowest BCUT2D eigenvalue weighted by molar-refractivity contribution is -0.146. The van der Waals surface area contributed by atoms with Crippen molar-refractivity contribution in [2.45, 2.75) is 62.8 Å². The number of aromatic nitrogens is 1. The molecule has 308 valence electrons. The number of esters is 1. The molecular formula is C42H52ClN3O10S. The molecule has 3 aromatic rings. The van der Waals surface area contributed by atoms with E-state index in [1.807, 2.05) is 30.4 Å². The zero-order valence-electron chi connectivity index (χ0n) is 33.0. The van der Waals surface area contributed by atoms with Gasteiger partial charge in [0.05, 0.1) is 29.6 Å². The summed E-state index contributed by atoms with van der Waals surface area (Å²) in [7, 11) is -2.11. The van der Waals surface area contributed by atoms with Crippen LogP contribution in [0.15, 0.2) is 84.0 Å². The molecule has 0 bridgehead atoms. The lowest BCUT2D eigenvalue weighted by Crippen LogP contribution is -2.52. The molecule has 0 saturated carbocycles. The second-order valence-electron chi connectivity index (χ2n) is 15.2. The maximum Gasteiger partial charge on any atom is 0.326 e. The lowest BCUT2D eigenvalue weighted by atomic mass is 9.65. The molecule has 13 nitrogen and oxygen atoms in total. The van der Waals surface area contributed by atoms with Gasteiger partial charge in [-0.15, -0.1) is 0 Å². The Hall–Kier alpha value is -4.31. The van der Waals surface area contributed by atoms with E-state index in [1.54, 1.807) is 12.1 Å². The third kappa shape index (κ3) is 10.4. The molecule has 2 heterocycles. The largest absolute Gasteiger partial charge is 0.488 e. The fourth-order valence-electron chi connectivity index (χ4n) is 7.00. The van der Waals surface area contributed by atoms with Crippen LogP contribution >= 0.6 is 11.6 Å². The van der Waals surface area contributed by atoms with E-state index in [9.17, 15) is 28.2 Å². The molecule has 0 radical (unpaired) electrons. The molecule has 3 N–H and O–H groups in total. The van der Waals surface area contributed by atoms with E-state index >= 15 is 0 Å². The summed E-state index contributed by atoms with van der Waals surface area (Å²) in [6.07, 6.45) is 11.4. The molecule has 15 heteroatoms. The summed E-state index contributed by atoms with van der Waals surface area (Å²) >= 11 is 6.88. The van der Waals surface area contributed by atoms with Gasteiger partial charge in [0.25, 0.3) is 0 Å². The van der Waals surface area contributed by atoms with Crippen LogP contribution in [0.1, 0.15) is 50.3 Å². The fourth-order valence-corrected chi connectivity index (χ4v) is 7.85. The highest BCUT2D eigenvalue weighted by Crippen LogP contribution is 2.49. The quantitative estimate of drug-likeness (QED) is 0.105. The highest BCUT2D eigenvalue weighted by molar-refractivity contribution is 7.90. The Morgan fingerprint density at radius 2 is 1.86 bits per heavy atom. The van der Waals surface area contributed by atoms with Crippen molar-refractivity contribution in [1.82, 2.24) is 15.2 Å². The summed E-state index contributed by atoms with van der Waals surface area (Å²) in [5.74, 6) is -0.994. The number of pyridine rings is 1. The number of halogens is 1. The van der Waals surface area contributed by atoms with Crippen molar-refractivity contribution in [3.63, 3.8) is 0 Å². The van der Waals surface area contributed by atoms with Gasteiger partial charge in [0.2, 0.25) is 0 Å². The molecule has 1 fully saturated rings. The maximum absolute atomic E-state index is 12.2. The molecule has 1 aliphatic heterocycles. The predicted octanol–water partition coefficient (Wildman–Crippen LogP) is 5.34. The van der Waals surface area contributed by atoms with Crippen molar-refractivity contribution in [1.29, 1.82) is 0 Å². The van der Waals surface area contributed by atoms with Gasteiger partial charge in [-0.3, -0.25) is 19.9 Å². The van der Waals surface area contributed by atoms with Crippen LogP contribution in [-0.4, -0.2) is 104 Å². The van der Waals surface area contributed by atoms with Gasteiger partial charge in [-0.1, -0.05) is 67.9 Å². The van der Waals surface area contributed by atoms with Crippen molar-refractivity contribution in [3.8, 4) is 11.5 Å². The number of carboxylic acids is 1. The number of nitrogens with one attached hydrogen (secondary N) is 1. The van der Waals surface area contributed by atoms with Crippen molar-refractivity contribution < 1.29 is 47.2 Å². The molecule has 5 rings (SSSR count). The second-order valence-corrected chi connectivity index (χ2v) is 17.7. The van der Waals surface area contributed by atoms with Gasteiger partial charge >= 0.3 is 11.9 Å². The second kappa shape index (κ2) is 18.5. The summed E-state index contributed by atoms with van der Waals surface area (Å²) < 4.78 is 49.0. The van der Waals surface area contributed by atoms with Crippen molar-refractivity contribution in [2.75, 3.05) is 52.8 Å². The van der Waals surface area contributed by atoms with E-state index in [2.05, 4.69) is 47.3 Å². The minimum Gasteiger partial charge on any atom is -0.488 e. The van der Waals surface area contributed by atoms with Gasteiger partial charge in [-0.2, -0.15) is 0 Å². The number of hydrogen-bond acceptors (Lipinski definition) is 12. The van der Waals surface area contributed by atoms with Gasteiger partial charge < -0.3 is 34.1 Å². The first-order valence-corrected chi connectivity index (χ1v) is 21.0. The number of carboxylic acid groups (broad SMARTS) is 1. The molecule has 2 unspecified atom stereocenters. The topological polar surface area (TPSA) is 174 Å². The molecule has 2 aliphatic rings. The van der Waals surface area contributed by atoms with E-state index < -0.39 is 39.0 Å². The minimum atomic E-state index is -3.53. The van der Waals surface area contributed by atoms with Gasteiger partial charge in [-0.05, 0) is 55.7 Å². The number of aliphatic carboxylic acids is 1. The number of aliphatic hydroxyl groups excluding tert-OH is 1. The number of rotatable bonds is 19. The monoisotopic (exact) mass is 825 g/mol. The van der Waals surface area contributed by atoms with Gasteiger partial charge in [0, 0.05) is 67.5 Å². The third-order valence-corrected chi connectivity index (χ3v) is 12.2. The van der Waals surface area contributed by atoms with Crippen LogP contribution in [0.25, 0.3) is 5.57 Å². The number of aliphatic hydroxyl groups is 1. The third-order valence-electron chi connectivity index (χ3n) is 10.8. The Labute approximate surface area is 339 Å². The fraction of sp³-hybridized carbons (Fsp3) is 0.452. The summed E-state index contributed by atoms with van der Waals surface area (Å²) in [5.41, 5.74) is -0.183. The molecule has 1 saturated heterocycles. The first-order valence-electron chi connectivity index (χ1n) is 18.7. The number of carbonyl (C=O) groups excluding carboxylic acids is 1. The normalized spacial score (nSPS) is 20.4. The van der Waals surface area contributed by atoms with Crippen LogP contribution in [0.3, 0.4) is 0 Å². The Morgan fingerprint density at radius 1 is 1.11 bits per heavy atom. The van der Waals surface area contributed by atoms with Gasteiger partial charge in [0.1, 0.15) is 35.9 Å². The van der Waals surface area contributed by atoms with Crippen molar-refractivity contribution >= 4 is 38.9 Å². The summed E-state index contributed by atoms with van der Waals surface area (Å²) in [5, 5.41) is 22.7. The Balaban J connectivity index is 1.42. The average Bonchev–Trinajstić information content (AvgIpc) is 3.67. The molecule has 0 amide bonds. The van der Waals surface area contributed by atoms with Crippen molar-refractivity contribution in [3.05, 3.63) is 101 Å². The number of carbonyl (C=O) groups is 2. The van der Waals surface area contributed by atoms with Crippen LogP contribution in [0, 0.1) is 11.3 Å². The summed E-state index contributed by atoms with van der Waals surface area (Å²) in [4.78, 5) is 30.4. The first kappa shape index (κ1) is 43.8. The number of ether oxygens (including phenoxy) is 4. The van der Waals surface area contributed by atoms with Crippen LogP contribution in [0.4, 0.5) is 0 Å². The van der Waals surface area contributed by atoms with E-state index in [1.165, 1.54) is 32.5 Å². The van der Waals surface area contributed by atoms with Crippen LogP contribution in [0.2, 0.25) is 5.02 Å². The Kier molecular flexibility index (Phi) is 14.2. The Bertz CT molecular complexity index is 2080. The smallest absolute Gasteiger partial charge is 0.326 e. The number of methoxy groups -OCH3 is 1. The number of benzene rings is 2. The van der Waals surface area contributed by atoms with E-state index in [-0.39, 0.29) is 53.1 Å². The van der Waals surface area contributed by atoms with Crippen LogP contribution in [0.5, 0.6) is 11.5 Å². The van der Waals surface area contributed by atoms with Crippen LogP contribution < -0.4 is 14.8 Å². The van der Waals surface area contributed by atoms with Gasteiger partial charge in [-0.25, -0.2) is 8.42 Å². The number of allylic oxidation sites excluding steroid dienone is 2. The highest BCUT2D eigenvalue weighted by atomic mass is 35.5. The zero-order chi connectivity index (χ0) is 41.4. The predicted molar refractivity (Wildman–Crippen MR) is 216 cm³/mol. The Morgan fingerprint density at radius 3 is 2.54 bits per heavy atom. The van der Waals surface area contributed by atoms with E-state index in [4.69, 9.17) is 30.5 Å². The summed E-state index contributed by atoms with van der Waals surface area (Å²) in [6, 6.07) is 14.8. The number of nitrogens with zero attached hydrogens (tertiary/aromatic N) is 2.